The molecule has 0 spiro atoms. The summed E-state index contributed by atoms with van der Waals surface area (Å²) in [6.45, 7) is 5.21. The first kappa shape index (κ1) is 18.6. The van der Waals surface area contributed by atoms with Crippen molar-refractivity contribution in [2.75, 3.05) is 32.8 Å². The lowest BCUT2D eigenvalue weighted by atomic mass is 9.96. The molecule has 1 aliphatic rings. The van der Waals surface area contributed by atoms with Crippen molar-refractivity contribution in [1.29, 1.82) is 0 Å². The first-order valence-corrected chi connectivity index (χ1v) is 9.06. The molecule has 26 heavy (non-hydrogen) atoms. The van der Waals surface area contributed by atoms with Crippen molar-refractivity contribution < 1.29 is 14.6 Å². The molecular formula is C21H26N2O3. The molecule has 0 radical (unpaired) electrons. The Morgan fingerprint density at radius 1 is 0.923 bits per heavy atom. The molecule has 2 aromatic rings. The van der Waals surface area contributed by atoms with Crippen LogP contribution in [0.3, 0.4) is 0 Å². The van der Waals surface area contributed by atoms with E-state index in [1.807, 2.05) is 19.1 Å². The van der Waals surface area contributed by atoms with Gasteiger partial charge in [-0.25, -0.2) is 4.79 Å². The van der Waals surface area contributed by atoms with Crippen LogP contribution in [0.4, 0.5) is 0 Å². The number of carbonyl (C=O) groups is 1. The molecule has 0 aliphatic carbocycles. The monoisotopic (exact) mass is 354 g/mol. The highest BCUT2D eigenvalue weighted by Crippen LogP contribution is 2.29. The second-order valence-electron chi connectivity index (χ2n) is 6.60. The van der Waals surface area contributed by atoms with Crippen LogP contribution in [0.5, 0.6) is 0 Å². The molecule has 5 heteroatoms. The number of ether oxygens (including phenoxy) is 1. The van der Waals surface area contributed by atoms with E-state index in [0.29, 0.717) is 0 Å². The average Bonchev–Trinajstić information content (AvgIpc) is 2.68. The fourth-order valence-electron chi connectivity index (χ4n) is 3.54. The van der Waals surface area contributed by atoms with E-state index in [9.17, 15) is 4.79 Å². The Hall–Kier alpha value is -2.21. The zero-order valence-corrected chi connectivity index (χ0v) is 15.1. The first-order chi connectivity index (χ1) is 12.6. The summed E-state index contributed by atoms with van der Waals surface area (Å²) < 4.78 is 5.42. The molecular weight excluding hydrogens is 328 g/mol. The van der Waals surface area contributed by atoms with Crippen molar-refractivity contribution >= 4 is 5.97 Å². The van der Waals surface area contributed by atoms with E-state index in [-0.39, 0.29) is 18.9 Å². The van der Waals surface area contributed by atoms with Crippen molar-refractivity contribution in [2.24, 2.45) is 0 Å². The number of carboxylic acid groups (broad SMARTS) is 1. The van der Waals surface area contributed by atoms with Gasteiger partial charge in [0.15, 0.2) is 0 Å². The molecule has 5 nitrogen and oxygen atoms in total. The SMILES string of the molecule is CC(OCC(=O)O)N1CCN(C(c2ccccc2)c2ccccc2)CC1. The molecule has 1 aliphatic heterocycles. The van der Waals surface area contributed by atoms with Gasteiger partial charge in [0.1, 0.15) is 12.8 Å². The van der Waals surface area contributed by atoms with E-state index < -0.39 is 5.97 Å². The van der Waals surface area contributed by atoms with Crippen LogP contribution in [-0.4, -0.2) is 59.9 Å². The molecule has 1 atom stereocenters. The van der Waals surface area contributed by atoms with Crippen molar-refractivity contribution in [3.8, 4) is 0 Å². The lowest BCUT2D eigenvalue weighted by molar-refractivity contribution is -0.149. The predicted molar refractivity (Wildman–Crippen MR) is 101 cm³/mol. The maximum atomic E-state index is 10.7. The molecule has 0 bridgehead atoms. The van der Waals surface area contributed by atoms with E-state index in [4.69, 9.17) is 9.84 Å². The van der Waals surface area contributed by atoms with Gasteiger partial charge in [-0.2, -0.15) is 0 Å². The standard InChI is InChI=1S/C21H26N2O3/c1-17(26-16-20(24)25)22-12-14-23(15-13-22)21(18-8-4-2-5-9-18)19-10-6-3-7-11-19/h2-11,17,21H,12-16H2,1H3,(H,24,25). The first-order valence-electron chi connectivity index (χ1n) is 9.06. The van der Waals surface area contributed by atoms with Crippen LogP contribution in [0, 0.1) is 0 Å². The molecule has 138 valence electrons. The summed E-state index contributed by atoms with van der Waals surface area (Å²) in [5.74, 6) is -0.927. The maximum Gasteiger partial charge on any atom is 0.329 e. The molecule has 1 heterocycles. The second-order valence-corrected chi connectivity index (χ2v) is 6.60. The zero-order valence-electron chi connectivity index (χ0n) is 15.1. The van der Waals surface area contributed by atoms with Crippen LogP contribution in [0.2, 0.25) is 0 Å². The van der Waals surface area contributed by atoms with Gasteiger partial charge in [-0.15, -0.1) is 0 Å². The summed E-state index contributed by atoms with van der Waals surface area (Å²) in [4.78, 5) is 15.4. The normalized spacial score (nSPS) is 17.3. The topological polar surface area (TPSA) is 53.0 Å². The number of carboxylic acids is 1. The molecule has 1 saturated heterocycles. The van der Waals surface area contributed by atoms with Crippen molar-refractivity contribution in [1.82, 2.24) is 9.80 Å². The number of hydrogen-bond donors (Lipinski definition) is 1. The average molecular weight is 354 g/mol. The number of piperazine rings is 1. The molecule has 1 fully saturated rings. The van der Waals surface area contributed by atoms with Gasteiger partial charge in [0.25, 0.3) is 0 Å². The van der Waals surface area contributed by atoms with E-state index in [1.165, 1.54) is 11.1 Å². The predicted octanol–water partition coefficient (Wildman–Crippen LogP) is 2.84. The molecule has 1 unspecified atom stereocenters. The molecule has 2 aromatic carbocycles. The van der Waals surface area contributed by atoms with Crippen LogP contribution < -0.4 is 0 Å². The van der Waals surface area contributed by atoms with E-state index in [0.717, 1.165) is 26.2 Å². The van der Waals surface area contributed by atoms with Gasteiger partial charge in [-0.1, -0.05) is 60.7 Å². The van der Waals surface area contributed by atoms with Gasteiger partial charge in [0.2, 0.25) is 0 Å². The summed E-state index contributed by atoms with van der Waals surface area (Å²) in [6, 6.07) is 21.4. The molecule has 0 aromatic heterocycles. The number of hydrogen-bond acceptors (Lipinski definition) is 4. The highest BCUT2D eigenvalue weighted by atomic mass is 16.5. The lowest BCUT2D eigenvalue weighted by Crippen LogP contribution is -2.51. The Balaban J connectivity index is 1.69. The number of rotatable bonds is 7. The van der Waals surface area contributed by atoms with E-state index >= 15 is 0 Å². The zero-order chi connectivity index (χ0) is 18.4. The van der Waals surface area contributed by atoms with E-state index in [2.05, 4.69) is 58.3 Å². The minimum atomic E-state index is -0.927. The second kappa shape index (κ2) is 8.94. The summed E-state index contributed by atoms with van der Waals surface area (Å²) in [7, 11) is 0. The van der Waals surface area contributed by atoms with Crippen molar-refractivity contribution in [3.05, 3.63) is 71.8 Å². The quantitative estimate of drug-likeness (QED) is 0.829. The molecule has 0 saturated carbocycles. The summed E-state index contributed by atoms with van der Waals surface area (Å²) in [6.07, 6.45) is -0.180. The third kappa shape index (κ3) is 4.69. The molecule has 3 rings (SSSR count). The van der Waals surface area contributed by atoms with Crippen LogP contribution in [0.15, 0.2) is 60.7 Å². The van der Waals surface area contributed by atoms with Crippen LogP contribution in [-0.2, 0) is 9.53 Å². The maximum absolute atomic E-state index is 10.7. The fourth-order valence-corrected chi connectivity index (χ4v) is 3.54. The van der Waals surface area contributed by atoms with Crippen molar-refractivity contribution in [3.63, 3.8) is 0 Å². The Labute approximate surface area is 154 Å². The lowest BCUT2D eigenvalue weighted by Gasteiger charge is -2.41. The van der Waals surface area contributed by atoms with Gasteiger partial charge in [-0.05, 0) is 18.1 Å². The van der Waals surface area contributed by atoms with Gasteiger partial charge < -0.3 is 9.84 Å². The number of nitrogens with zero attached hydrogens (tertiary/aromatic N) is 2. The smallest absolute Gasteiger partial charge is 0.329 e. The highest BCUT2D eigenvalue weighted by Gasteiger charge is 2.28. The highest BCUT2D eigenvalue weighted by molar-refractivity contribution is 5.68. The summed E-state index contributed by atoms with van der Waals surface area (Å²) >= 11 is 0. The fraction of sp³-hybridized carbons (Fsp3) is 0.381. The van der Waals surface area contributed by atoms with Gasteiger partial charge in [0, 0.05) is 26.2 Å². The third-order valence-corrected chi connectivity index (χ3v) is 4.91. The Kier molecular flexibility index (Phi) is 6.39. The Morgan fingerprint density at radius 2 is 1.38 bits per heavy atom. The molecule has 0 amide bonds. The van der Waals surface area contributed by atoms with E-state index in [1.54, 1.807) is 0 Å². The largest absolute Gasteiger partial charge is 0.480 e. The summed E-state index contributed by atoms with van der Waals surface area (Å²) in [5.41, 5.74) is 2.59. The molecule has 1 N–H and O–H groups in total. The van der Waals surface area contributed by atoms with Gasteiger partial charge >= 0.3 is 5.97 Å². The Morgan fingerprint density at radius 3 is 1.85 bits per heavy atom. The van der Waals surface area contributed by atoms with Crippen molar-refractivity contribution in [2.45, 2.75) is 19.2 Å². The summed E-state index contributed by atoms with van der Waals surface area (Å²) in [5, 5.41) is 8.78. The van der Waals surface area contributed by atoms with Crippen LogP contribution in [0.25, 0.3) is 0 Å². The Bertz CT molecular complexity index is 645. The third-order valence-electron chi connectivity index (χ3n) is 4.91. The van der Waals surface area contributed by atoms with Crippen LogP contribution in [0.1, 0.15) is 24.1 Å². The van der Waals surface area contributed by atoms with Gasteiger partial charge in [-0.3, -0.25) is 9.80 Å². The van der Waals surface area contributed by atoms with Crippen LogP contribution >= 0.6 is 0 Å². The number of aliphatic carboxylic acids is 1. The minimum Gasteiger partial charge on any atom is -0.480 e. The minimum absolute atomic E-state index is 0.180. The number of benzene rings is 2. The van der Waals surface area contributed by atoms with Gasteiger partial charge in [0.05, 0.1) is 6.04 Å².